The van der Waals surface area contributed by atoms with Crippen LogP contribution in [0.4, 0.5) is 5.69 Å². The Labute approximate surface area is 131 Å². The summed E-state index contributed by atoms with van der Waals surface area (Å²) in [6, 6.07) is 7.06. The second kappa shape index (κ2) is 7.40. The lowest BCUT2D eigenvalue weighted by Gasteiger charge is -2.15. The molecule has 5 nitrogen and oxygen atoms in total. The maximum absolute atomic E-state index is 12.1. The van der Waals surface area contributed by atoms with Crippen molar-refractivity contribution in [1.82, 2.24) is 5.32 Å². The molecule has 120 valence electrons. The molecule has 1 saturated carbocycles. The highest BCUT2D eigenvalue weighted by Crippen LogP contribution is 2.18. The van der Waals surface area contributed by atoms with Crippen LogP contribution in [0.5, 0.6) is 0 Å². The fourth-order valence-electron chi connectivity index (χ4n) is 2.54. The summed E-state index contributed by atoms with van der Waals surface area (Å²) in [6.07, 6.45) is 4.51. The maximum Gasteiger partial charge on any atom is 0.251 e. The van der Waals surface area contributed by atoms with Gasteiger partial charge in [0.25, 0.3) is 5.91 Å². The molecule has 1 aromatic carbocycles. The minimum Gasteiger partial charge on any atom is -0.349 e. The van der Waals surface area contributed by atoms with Crippen molar-refractivity contribution in [3.63, 3.8) is 0 Å². The summed E-state index contributed by atoms with van der Waals surface area (Å²) in [7, 11) is 0. The molecule has 1 aromatic rings. The van der Waals surface area contributed by atoms with Crippen molar-refractivity contribution in [1.29, 1.82) is 0 Å². The minimum absolute atomic E-state index is 0.0475. The van der Waals surface area contributed by atoms with Crippen molar-refractivity contribution in [2.24, 2.45) is 11.7 Å². The molecule has 22 heavy (non-hydrogen) atoms. The number of benzene rings is 1. The smallest absolute Gasteiger partial charge is 0.251 e. The highest BCUT2D eigenvalue weighted by Gasteiger charge is 2.19. The molecule has 5 heteroatoms. The van der Waals surface area contributed by atoms with E-state index in [1.165, 1.54) is 12.8 Å². The minimum atomic E-state index is -0.259. The Morgan fingerprint density at radius 2 is 1.73 bits per heavy atom. The second-order valence-electron chi connectivity index (χ2n) is 6.17. The summed E-state index contributed by atoms with van der Waals surface area (Å²) >= 11 is 0. The second-order valence-corrected chi connectivity index (χ2v) is 6.17. The zero-order chi connectivity index (χ0) is 16.1. The summed E-state index contributed by atoms with van der Waals surface area (Å²) in [6.45, 7) is 3.60. The number of carbonyl (C=O) groups is 2. The number of hydrogen-bond acceptors (Lipinski definition) is 3. The maximum atomic E-state index is 12.1. The zero-order valence-corrected chi connectivity index (χ0v) is 13.3. The van der Waals surface area contributed by atoms with Crippen molar-refractivity contribution >= 4 is 17.5 Å². The molecule has 1 fully saturated rings. The molecule has 0 saturated heterocycles. The van der Waals surface area contributed by atoms with Crippen LogP contribution in [0.15, 0.2) is 24.3 Å². The topological polar surface area (TPSA) is 84.2 Å². The molecule has 1 aliphatic carbocycles. The Hall–Kier alpha value is -1.88. The molecule has 1 aliphatic rings. The van der Waals surface area contributed by atoms with E-state index in [2.05, 4.69) is 10.6 Å². The normalized spacial score (nSPS) is 17.8. The molecular formula is C17H25N3O2. The number of anilines is 1. The van der Waals surface area contributed by atoms with Gasteiger partial charge < -0.3 is 16.4 Å². The first-order valence-electron chi connectivity index (χ1n) is 7.94. The average molecular weight is 303 g/mol. The summed E-state index contributed by atoms with van der Waals surface area (Å²) in [5.74, 6) is -0.419. The lowest BCUT2D eigenvalue weighted by atomic mass is 10.0. The number of rotatable bonds is 5. The van der Waals surface area contributed by atoms with Gasteiger partial charge in [-0.25, -0.2) is 0 Å². The molecule has 0 bridgehead atoms. The molecule has 0 aliphatic heterocycles. The van der Waals surface area contributed by atoms with E-state index in [0.717, 1.165) is 12.8 Å². The quantitative estimate of drug-likeness (QED) is 0.780. The molecule has 0 spiro atoms. The first-order chi connectivity index (χ1) is 10.5. The van der Waals surface area contributed by atoms with Crippen molar-refractivity contribution < 1.29 is 9.59 Å². The first kappa shape index (κ1) is 16.5. The van der Waals surface area contributed by atoms with Crippen LogP contribution in [0.3, 0.4) is 0 Å². The molecule has 2 amide bonds. The van der Waals surface area contributed by atoms with Gasteiger partial charge >= 0.3 is 0 Å². The SMILES string of the molecule is CC(N)C(C)C(=O)Nc1ccc(C(=O)NC2CCCC2)cc1. The van der Waals surface area contributed by atoms with E-state index in [1.54, 1.807) is 38.1 Å². The van der Waals surface area contributed by atoms with Crippen molar-refractivity contribution in [3.05, 3.63) is 29.8 Å². The highest BCUT2D eigenvalue weighted by atomic mass is 16.2. The van der Waals surface area contributed by atoms with Gasteiger partial charge in [-0.05, 0) is 44.0 Å². The Bertz CT molecular complexity index is 519. The van der Waals surface area contributed by atoms with Crippen LogP contribution in [0.25, 0.3) is 0 Å². The summed E-state index contributed by atoms with van der Waals surface area (Å²) in [5.41, 5.74) is 7.01. The first-order valence-corrected chi connectivity index (χ1v) is 7.94. The van der Waals surface area contributed by atoms with E-state index in [0.29, 0.717) is 17.3 Å². The molecular weight excluding hydrogens is 278 g/mol. The van der Waals surface area contributed by atoms with Gasteiger partial charge in [0.2, 0.25) is 5.91 Å². The standard InChI is InChI=1S/C17H25N3O2/c1-11(12(2)18)16(21)19-15-9-7-13(8-10-15)17(22)20-14-5-3-4-6-14/h7-12,14H,3-6,18H2,1-2H3,(H,19,21)(H,20,22). The van der Waals surface area contributed by atoms with Gasteiger partial charge in [0.05, 0.1) is 5.92 Å². The van der Waals surface area contributed by atoms with Gasteiger partial charge in [-0.1, -0.05) is 19.8 Å². The van der Waals surface area contributed by atoms with E-state index in [4.69, 9.17) is 5.73 Å². The number of nitrogens with two attached hydrogens (primary N) is 1. The third-order valence-electron chi connectivity index (χ3n) is 4.31. The van der Waals surface area contributed by atoms with Gasteiger partial charge in [-0.3, -0.25) is 9.59 Å². The molecule has 2 unspecified atom stereocenters. The Morgan fingerprint density at radius 3 is 2.27 bits per heavy atom. The number of nitrogens with one attached hydrogen (secondary N) is 2. The zero-order valence-electron chi connectivity index (χ0n) is 13.3. The monoisotopic (exact) mass is 303 g/mol. The van der Waals surface area contributed by atoms with Gasteiger partial charge in [0, 0.05) is 23.3 Å². The summed E-state index contributed by atoms with van der Waals surface area (Å²) in [4.78, 5) is 24.0. The van der Waals surface area contributed by atoms with Crippen molar-refractivity contribution in [2.75, 3.05) is 5.32 Å². The Kier molecular flexibility index (Phi) is 5.55. The lowest BCUT2D eigenvalue weighted by molar-refractivity contribution is -0.119. The van der Waals surface area contributed by atoms with Crippen molar-refractivity contribution in [3.8, 4) is 0 Å². The molecule has 0 radical (unpaired) electrons. The predicted molar refractivity (Wildman–Crippen MR) is 87.6 cm³/mol. The van der Waals surface area contributed by atoms with Crippen molar-refractivity contribution in [2.45, 2.75) is 51.6 Å². The van der Waals surface area contributed by atoms with Crippen LogP contribution in [0.1, 0.15) is 49.9 Å². The fraction of sp³-hybridized carbons (Fsp3) is 0.529. The van der Waals surface area contributed by atoms with Crippen LogP contribution in [0.2, 0.25) is 0 Å². The Balaban J connectivity index is 1.92. The van der Waals surface area contributed by atoms with Gasteiger partial charge in [0.1, 0.15) is 0 Å². The molecule has 2 atom stereocenters. The van der Waals surface area contributed by atoms with E-state index >= 15 is 0 Å². The Morgan fingerprint density at radius 1 is 1.14 bits per heavy atom. The van der Waals surface area contributed by atoms with Gasteiger partial charge in [-0.2, -0.15) is 0 Å². The third-order valence-corrected chi connectivity index (χ3v) is 4.31. The van der Waals surface area contributed by atoms with E-state index < -0.39 is 0 Å². The number of carbonyl (C=O) groups excluding carboxylic acids is 2. The fourth-order valence-corrected chi connectivity index (χ4v) is 2.54. The third kappa shape index (κ3) is 4.31. The molecule has 2 rings (SSSR count). The van der Waals surface area contributed by atoms with Gasteiger partial charge in [-0.15, -0.1) is 0 Å². The van der Waals surface area contributed by atoms with Crippen LogP contribution in [0, 0.1) is 5.92 Å². The van der Waals surface area contributed by atoms with Crippen LogP contribution in [-0.4, -0.2) is 23.9 Å². The lowest BCUT2D eigenvalue weighted by Crippen LogP contribution is -2.34. The summed E-state index contributed by atoms with van der Waals surface area (Å²) in [5, 5.41) is 5.86. The highest BCUT2D eigenvalue weighted by molar-refractivity contribution is 5.96. The number of hydrogen-bond donors (Lipinski definition) is 3. The van der Waals surface area contributed by atoms with Crippen LogP contribution in [-0.2, 0) is 4.79 Å². The van der Waals surface area contributed by atoms with Crippen LogP contribution < -0.4 is 16.4 Å². The summed E-state index contributed by atoms with van der Waals surface area (Å²) < 4.78 is 0. The molecule has 0 aromatic heterocycles. The predicted octanol–water partition coefficient (Wildman–Crippen LogP) is 2.28. The van der Waals surface area contributed by atoms with E-state index in [9.17, 15) is 9.59 Å². The van der Waals surface area contributed by atoms with E-state index in [1.807, 2.05) is 0 Å². The van der Waals surface area contributed by atoms with Gasteiger partial charge in [0.15, 0.2) is 0 Å². The largest absolute Gasteiger partial charge is 0.349 e. The van der Waals surface area contributed by atoms with E-state index in [-0.39, 0.29) is 23.8 Å². The molecule has 4 N–H and O–H groups in total. The number of amides is 2. The van der Waals surface area contributed by atoms with Crippen LogP contribution >= 0.6 is 0 Å². The molecule has 0 heterocycles. The average Bonchev–Trinajstić information content (AvgIpc) is 2.99.